The molecule has 7 nitrogen and oxygen atoms in total. The Morgan fingerprint density at radius 2 is 1.97 bits per heavy atom. The molecule has 1 N–H and O–H groups in total. The monoisotopic (exact) mass is 466 g/mol. The second-order valence-corrected chi connectivity index (χ2v) is 9.97. The first-order chi connectivity index (χ1) is 14.3. The SMILES string of the molecule is O=C(Nc1ccc(F)cc1)c1nnc(C2CCCN2S(=O)(=O)c2cccc(Cl)c2)s1. The van der Waals surface area contributed by atoms with Crippen LogP contribution in [-0.4, -0.2) is 35.4 Å². The van der Waals surface area contributed by atoms with E-state index >= 15 is 0 Å². The highest BCUT2D eigenvalue weighted by Gasteiger charge is 2.38. The van der Waals surface area contributed by atoms with Crippen LogP contribution in [-0.2, 0) is 10.0 Å². The standard InChI is InChI=1S/C19H16ClFN4O3S2/c20-12-3-1-4-15(11-12)30(27,28)25-10-2-5-16(25)18-23-24-19(29-18)17(26)22-14-8-6-13(21)7-9-14/h1,3-4,6-9,11,16H,2,5,10H2,(H,22,26). The summed E-state index contributed by atoms with van der Waals surface area (Å²) in [4.78, 5) is 12.5. The summed E-state index contributed by atoms with van der Waals surface area (Å²) in [5.74, 6) is -0.902. The van der Waals surface area contributed by atoms with E-state index in [2.05, 4.69) is 15.5 Å². The van der Waals surface area contributed by atoms with Crippen molar-refractivity contribution in [3.05, 3.63) is 69.4 Å². The number of nitrogens with one attached hydrogen (secondary N) is 1. The predicted molar refractivity (Wildman–Crippen MR) is 112 cm³/mol. The summed E-state index contributed by atoms with van der Waals surface area (Å²) in [6.45, 7) is 0.343. The average Bonchev–Trinajstić information content (AvgIpc) is 3.39. The number of nitrogens with zero attached hydrogens (tertiary/aromatic N) is 3. The summed E-state index contributed by atoms with van der Waals surface area (Å²) < 4.78 is 40.6. The van der Waals surface area contributed by atoms with Crippen molar-refractivity contribution in [3.63, 3.8) is 0 Å². The summed E-state index contributed by atoms with van der Waals surface area (Å²) in [5.41, 5.74) is 0.421. The molecule has 1 unspecified atom stereocenters. The minimum absolute atomic E-state index is 0.0985. The van der Waals surface area contributed by atoms with Crippen molar-refractivity contribution < 1.29 is 17.6 Å². The lowest BCUT2D eigenvalue weighted by molar-refractivity contribution is 0.102. The lowest BCUT2D eigenvalue weighted by atomic mass is 10.2. The normalized spacial score (nSPS) is 17.2. The zero-order valence-electron chi connectivity index (χ0n) is 15.5. The fourth-order valence-electron chi connectivity index (χ4n) is 3.22. The van der Waals surface area contributed by atoms with E-state index in [4.69, 9.17) is 11.6 Å². The van der Waals surface area contributed by atoms with Crippen molar-refractivity contribution in [2.75, 3.05) is 11.9 Å². The van der Waals surface area contributed by atoms with E-state index in [1.165, 1.54) is 40.7 Å². The predicted octanol–water partition coefficient (Wildman–Crippen LogP) is 4.11. The summed E-state index contributed by atoms with van der Waals surface area (Å²) in [5, 5.41) is 11.5. The number of carbonyl (C=O) groups is 1. The van der Waals surface area contributed by atoms with Gasteiger partial charge >= 0.3 is 0 Å². The Morgan fingerprint density at radius 1 is 1.20 bits per heavy atom. The molecule has 0 radical (unpaired) electrons. The molecule has 1 atom stereocenters. The van der Waals surface area contributed by atoms with Crippen LogP contribution < -0.4 is 5.32 Å². The number of sulfonamides is 1. The van der Waals surface area contributed by atoms with Crippen LogP contribution in [0.25, 0.3) is 0 Å². The first-order valence-corrected chi connectivity index (χ1v) is 11.7. The van der Waals surface area contributed by atoms with E-state index in [9.17, 15) is 17.6 Å². The van der Waals surface area contributed by atoms with Crippen molar-refractivity contribution in [2.24, 2.45) is 0 Å². The second kappa shape index (κ2) is 8.38. The maximum Gasteiger partial charge on any atom is 0.286 e. The Hall–Kier alpha value is -2.40. The first kappa shape index (κ1) is 20.9. The van der Waals surface area contributed by atoms with Gasteiger partial charge in [0, 0.05) is 17.3 Å². The van der Waals surface area contributed by atoms with E-state index in [-0.39, 0.29) is 9.90 Å². The topological polar surface area (TPSA) is 92.3 Å². The number of halogens is 2. The Balaban J connectivity index is 1.55. The van der Waals surface area contributed by atoms with Crippen LogP contribution in [0.4, 0.5) is 10.1 Å². The third-order valence-electron chi connectivity index (χ3n) is 4.63. The first-order valence-electron chi connectivity index (χ1n) is 9.02. The minimum Gasteiger partial charge on any atom is -0.320 e. The maximum absolute atomic E-state index is 13.1. The Bertz CT molecular complexity index is 1180. The van der Waals surface area contributed by atoms with E-state index in [0.717, 1.165) is 11.3 Å². The molecule has 1 aromatic heterocycles. The largest absolute Gasteiger partial charge is 0.320 e. The van der Waals surface area contributed by atoms with Gasteiger partial charge in [-0.3, -0.25) is 4.79 Å². The third-order valence-corrected chi connectivity index (χ3v) is 7.79. The van der Waals surface area contributed by atoms with Crippen LogP contribution in [0.15, 0.2) is 53.4 Å². The van der Waals surface area contributed by atoms with Gasteiger partial charge in [-0.25, -0.2) is 12.8 Å². The van der Waals surface area contributed by atoms with E-state index < -0.39 is 27.8 Å². The van der Waals surface area contributed by atoms with Gasteiger partial charge in [0.05, 0.1) is 10.9 Å². The number of carbonyl (C=O) groups excluding carboxylic acids is 1. The quantitative estimate of drug-likeness (QED) is 0.611. The molecule has 1 saturated heterocycles. The zero-order chi connectivity index (χ0) is 21.3. The lowest BCUT2D eigenvalue weighted by Crippen LogP contribution is -2.30. The van der Waals surface area contributed by atoms with E-state index in [1.54, 1.807) is 12.1 Å². The summed E-state index contributed by atoms with van der Waals surface area (Å²) in [6.07, 6.45) is 1.25. The van der Waals surface area contributed by atoms with Crippen molar-refractivity contribution in [3.8, 4) is 0 Å². The van der Waals surface area contributed by atoms with Crippen LogP contribution >= 0.6 is 22.9 Å². The molecule has 1 aliphatic heterocycles. The van der Waals surface area contributed by atoms with Crippen LogP contribution in [0.3, 0.4) is 0 Å². The Labute approximate surface area is 181 Å². The lowest BCUT2D eigenvalue weighted by Gasteiger charge is -2.22. The van der Waals surface area contributed by atoms with Crippen LogP contribution in [0.1, 0.15) is 33.7 Å². The molecule has 2 aromatic carbocycles. The molecule has 4 rings (SSSR count). The van der Waals surface area contributed by atoms with Crippen molar-refractivity contribution in [1.29, 1.82) is 0 Å². The van der Waals surface area contributed by atoms with Crippen LogP contribution in [0, 0.1) is 5.82 Å². The molecular formula is C19H16ClFN4O3S2. The minimum atomic E-state index is -3.77. The zero-order valence-corrected chi connectivity index (χ0v) is 17.8. The summed E-state index contributed by atoms with van der Waals surface area (Å²) >= 11 is 6.99. The van der Waals surface area contributed by atoms with Gasteiger partial charge < -0.3 is 5.32 Å². The average molecular weight is 467 g/mol. The molecule has 3 aromatic rings. The molecule has 1 fully saturated rings. The van der Waals surface area contributed by atoms with Crippen molar-refractivity contribution >= 4 is 44.6 Å². The van der Waals surface area contributed by atoms with Gasteiger partial charge in [0.15, 0.2) is 0 Å². The molecular weight excluding hydrogens is 451 g/mol. The van der Waals surface area contributed by atoms with Gasteiger partial charge in [0.25, 0.3) is 5.91 Å². The molecule has 2 heterocycles. The highest BCUT2D eigenvalue weighted by molar-refractivity contribution is 7.89. The highest BCUT2D eigenvalue weighted by Crippen LogP contribution is 2.38. The van der Waals surface area contributed by atoms with E-state index in [0.29, 0.717) is 35.1 Å². The molecule has 0 aliphatic carbocycles. The number of amides is 1. The number of hydrogen-bond donors (Lipinski definition) is 1. The second-order valence-electron chi connectivity index (χ2n) is 6.64. The maximum atomic E-state index is 13.1. The summed E-state index contributed by atoms with van der Waals surface area (Å²) in [7, 11) is -3.77. The molecule has 0 bridgehead atoms. The molecule has 30 heavy (non-hydrogen) atoms. The number of benzene rings is 2. The number of anilines is 1. The Kier molecular flexibility index (Phi) is 5.83. The van der Waals surface area contributed by atoms with Crippen LogP contribution in [0.5, 0.6) is 0 Å². The van der Waals surface area contributed by atoms with Gasteiger partial charge in [-0.05, 0) is 55.3 Å². The number of rotatable bonds is 5. The molecule has 0 saturated carbocycles. The highest BCUT2D eigenvalue weighted by atomic mass is 35.5. The smallest absolute Gasteiger partial charge is 0.286 e. The van der Waals surface area contributed by atoms with Gasteiger partial charge in [0.2, 0.25) is 15.0 Å². The molecule has 1 amide bonds. The van der Waals surface area contributed by atoms with Crippen LogP contribution in [0.2, 0.25) is 5.02 Å². The third kappa shape index (κ3) is 4.22. The Morgan fingerprint density at radius 3 is 2.70 bits per heavy atom. The van der Waals surface area contributed by atoms with Crippen molar-refractivity contribution in [1.82, 2.24) is 14.5 Å². The molecule has 11 heteroatoms. The van der Waals surface area contributed by atoms with Crippen molar-refractivity contribution in [2.45, 2.75) is 23.8 Å². The summed E-state index contributed by atoms with van der Waals surface area (Å²) in [6, 6.07) is 10.9. The van der Waals surface area contributed by atoms with Gasteiger partial charge in [-0.1, -0.05) is 29.0 Å². The molecule has 156 valence electrons. The van der Waals surface area contributed by atoms with Gasteiger partial charge in [-0.15, -0.1) is 10.2 Å². The molecule has 1 aliphatic rings. The fraction of sp³-hybridized carbons (Fsp3) is 0.211. The number of aromatic nitrogens is 2. The number of hydrogen-bond acceptors (Lipinski definition) is 6. The van der Waals surface area contributed by atoms with Gasteiger partial charge in [-0.2, -0.15) is 4.31 Å². The van der Waals surface area contributed by atoms with Gasteiger partial charge in [0.1, 0.15) is 10.8 Å². The molecule has 0 spiro atoms. The fourth-order valence-corrected chi connectivity index (χ4v) is 6.13. The van der Waals surface area contributed by atoms with E-state index in [1.807, 2.05) is 0 Å².